The minimum Gasteiger partial charge on any atom is -0.330 e. The molecule has 1 heteroatoms. The zero-order chi connectivity index (χ0) is 12.5. The van der Waals surface area contributed by atoms with Crippen LogP contribution >= 0.6 is 0 Å². The van der Waals surface area contributed by atoms with Gasteiger partial charge in [-0.3, -0.25) is 0 Å². The van der Waals surface area contributed by atoms with Crippen LogP contribution in [0, 0.1) is 17.8 Å². The zero-order valence-corrected chi connectivity index (χ0v) is 12.1. The Morgan fingerprint density at radius 3 is 2.24 bits per heavy atom. The molecular formula is C16H33N. The lowest BCUT2D eigenvalue weighted by Crippen LogP contribution is -2.09. The first kappa shape index (κ1) is 15.0. The van der Waals surface area contributed by atoms with Crippen LogP contribution in [0.15, 0.2) is 0 Å². The molecule has 3 unspecified atom stereocenters. The van der Waals surface area contributed by atoms with E-state index in [1.165, 1.54) is 64.2 Å². The van der Waals surface area contributed by atoms with Crippen LogP contribution in [-0.2, 0) is 0 Å². The molecule has 0 aromatic carbocycles. The Bertz CT molecular complexity index is 178. The highest BCUT2D eigenvalue weighted by Gasteiger charge is 2.24. The van der Waals surface area contributed by atoms with Crippen molar-refractivity contribution >= 4 is 0 Å². The van der Waals surface area contributed by atoms with Gasteiger partial charge in [-0.05, 0) is 43.6 Å². The predicted octanol–water partition coefficient (Wildman–Crippen LogP) is 4.75. The van der Waals surface area contributed by atoms with Gasteiger partial charge in [-0.25, -0.2) is 0 Å². The SMILES string of the molecule is CCCC1CCC(CC)CC(CCCCN)C1. The quantitative estimate of drug-likeness (QED) is 0.503. The number of rotatable bonds is 7. The van der Waals surface area contributed by atoms with Crippen molar-refractivity contribution in [3.63, 3.8) is 0 Å². The number of unbranched alkanes of at least 4 members (excludes halogenated alkanes) is 1. The van der Waals surface area contributed by atoms with Gasteiger partial charge in [-0.2, -0.15) is 0 Å². The minimum atomic E-state index is 0.877. The summed E-state index contributed by atoms with van der Waals surface area (Å²) in [5, 5.41) is 0. The second-order valence-corrected chi connectivity index (χ2v) is 6.13. The molecule has 0 radical (unpaired) electrons. The Labute approximate surface area is 109 Å². The normalized spacial score (nSPS) is 30.2. The zero-order valence-electron chi connectivity index (χ0n) is 12.1. The van der Waals surface area contributed by atoms with Gasteiger partial charge in [0.2, 0.25) is 0 Å². The molecule has 0 bridgehead atoms. The summed E-state index contributed by atoms with van der Waals surface area (Å²) in [6.45, 7) is 5.59. The fourth-order valence-corrected chi connectivity index (χ4v) is 3.60. The highest BCUT2D eigenvalue weighted by Crippen LogP contribution is 2.37. The molecule has 17 heavy (non-hydrogen) atoms. The number of nitrogens with two attached hydrogens (primary N) is 1. The molecule has 0 spiro atoms. The summed E-state index contributed by atoms with van der Waals surface area (Å²) in [7, 11) is 0. The molecule has 0 aromatic heterocycles. The summed E-state index contributed by atoms with van der Waals surface area (Å²) in [5.41, 5.74) is 5.60. The van der Waals surface area contributed by atoms with Crippen LogP contribution in [0.2, 0.25) is 0 Å². The van der Waals surface area contributed by atoms with Crippen molar-refractivity contribution < 1.29 is 0 Å². The van der Waals surface area contributed by atoms with Crippen molar-refractivity contribution in [2.75, 3.05) is 6.54 Å². The van der Waals surface area contributed by atoms with Gasteiger partial charge < -0.3 is 5.73 Å². The average molecular weight is 239 g/mol. The summed E-state index contributed by atoms with van der Waals surface area (Å²) >= 11 is 0. The molecule has 0 aromatic rings. The summed E-state index contributed by atoms with van der Waals surface area (Å²) < 4.78 is 0. The maximum atomic E-state index is 5.60. The molecule has 1 rings (SSSR count). The van der Waals surface area contributed by atoms with Crippen LogP contribution in [0.4, 0.5) is 0 Å². The first-order chi connectivity index (χ1) is 8.30. The summed E-state index contributed by atoms with van der Waals surface area (Å²) in [6, 6.07) is 0. The van der Waals surface area contributed by atoms with Gasteiger partial charge in [0.05, 0.1) is 0 Å². The predicted molar refractivity (Wildman–Crippen MR) is 77.0 cm³/mol. The van der Waals surface area contributed by atoms with Gasteiger partial charge in [0.25, 0.3) is 0 Å². The monoisotopic (exact) mass is 239 g/mol. The van der Waals surface area contributed by atoms with Gasteiger partial charge in [0.1, 0.15) is 0 Å². The third-order valence-corrected chi connectivity index (χ3v) is 4.66. The number of hydrogen-bond acceptors (Lipinski definition) is 1. The van der Waals surface area contributed by atoms with Crippen LogP contribution in [-0.4, -0.2) is 6.54 Å². The molecular weight excluding hydrogens is 206 g/mol. The average Bonchev–Trinajstić information content (AvgIpc) is 2.52. The molecule has 1 aliphatic carbocycles. The second kappa shape index (κ2) is 8.97. The molecule has 3 atom stereocenters. The first-order valence-corrected chi connectivity index (χ1v) is 8.00. The van der Waals surface area contributed by atoms with E-state index in [0.717, 1.165) is 24.3 Å². The highest BCUT2D eigenvalue weighted by molar-refractivity contribution is 4.76. The lowest BCUT2D eigenvalue weighted by molar-refractivity contribution is 0.317. The highest BCUT2D eigenvalue weighted by atomic mass is 14.5. The Kier molecular flexibility index (Phi) is 7.92. The van der Waals surface area contributed by atoms with Crippen LogP contribution < -0.4 is 5.73 Å². The minimum absolute atomic E-state index is 0.877. The molecule has 1 aliphatic rings. The molecule has 2 N–H and O–H groups in total. The van der Waals surface area contributed by atoms with Crippen LogP contribution in [0.5, 0.6) is 0 Å². The van der Waals surface area contributed by atoms with Crippen molar-refractivity contribution in [1.29, 1.82) is 0 Å². The Balaban J connectivity index is 2.40. The van der Waals surface area contributed by atoms with E-state index in [2.05, 4.69) is 13.8 Å². The third kappa shape index (κ3) is 5.90. The van der Waals surface area contributed by atoms with E-state index in [1.807, 2.05) is 0 Å². The Morgan fingerprint density at radius 1 is 0.882 bits per heavy atom. The second-order valence-electron chi connectivity index (χ2n) is 6.13. The lowest BCUT2D eigenvalue weighted by Gasteiger charge is -2.20. The van der Waals surface area contributed by atoms with Gasteiger partial charge >= 0.3 is 0 Å². The molecule has 102 valence electrons. The fraction of sp³-hybridized carbons (Fsp3) is 1.00. The topological polar surface area (TPSA) is 26.0 Å². The van der Waals surface area contributed by atoms with E-state index in [-0.39, 0.29) is 0 Å². The van der Waals surface area contributed by atoms with E-state index in [4.69, 9.17) is 5.73 Å². The standard InChI is InChI=1S/C16H33N/c1-3-7-15-10-9-14(4-2)12-16(13-15)8-5-6-11-17/h14-16H,3-13,17H2,1-2H3. The first-order valence-electron chi connectivity index (χ1n) is 8.00. The van der Waals surface area contributed by atoms with Crippen molar-refractivity contribution in [1.82, 2.24) is 0 Å². The van der Waals surface area contributed by atoms with Crippen molar-refractivity contribution in [3.05, 3.63) is 0 Å². The molecule has 0 saturated heterocycles. The number of hydrogen-bond donors (Lipinski definition) is 1. The van der Waals surface area contributed by atoms with E-state index >= 15 is 0 Å². The maximum absolute atomic E-state index is 5.60. The third-order valence-electron chi connectivity index (χ3n) is 4.66. The van der Waals surface area contributed by atoms with Gasteiger partial charge in [0.15, 0.2) is 0 Å². The van der Waals surface area contributed by atoms with Crippen molar-refractivity contribution in [3.8, 4) is 0 Å². The Morgan fingerprint density at radius 2 is 1.59 bits per heavy atom. The Hall–Kier alpha value is -0.0400. The van der Waals surface area contributed by atoms with E-state index in [1.54, 1.807) is 0 Å². The van der Waals surface area contributed by atoms with Crippen LogP contribution in [0.1, 0.15) is 78.1 Å². The maximum Gasteiger partial charge on any atom is -0.00773 e. The molecule has 1 fully saturated rings. The van der Waals surface area contributed by atoms with E-state index in [9.17, 15) is 0 Å². The van der Waals surface area contributed by atoms with E-state index < -0.39 is 0 Å². The van der Waals surface area contributed by atoms with E-state index in [0.29, 0.717) is 0 Å². The molecule has 1 nitrogen and oxygen atoms in total. The van der Waals surface area contributed by atoms with Gasteiger partial charge in [-0.15, -0.1) is 0 Å². The largest absolute Gasteiger partial charge is 0.330 e. The lowest BCUT2D eigenvalue weighted by atomic mass is 9.86. The van der Waals surface area contributed by atoms with Crippen molar-refractivity contribution in [2.45, 2.75) is 78.1 Å². The molecule has 1 saturated carbocycles. The molecule has 0 heterocycles. The van der Waals surface area contributed by atoms with Gasteiger partial charge in [-0.1, -0.05) is 58.8 Å². The fourth-order valence-electron chi connectivity index (χ4n) is 3.60. The molecule has 0 amide bonds. The van der Waals surface area contributed by atoms with Crippen LogP contribution in [0.3, 0.4) is 0 Å². The molecule has 0 aliphatic heterocycles. The summed E-state index contributed by atoms with van der Waals surface area (Å²) in [6.07, 6.45) is 14.3. The van der Waals surface area contributed by atoms with Crippen LogP contribution in [0.25, 0.3) is 0 Å². The summed E-state index contributed by atoms with van der Waals surface area (Å²) in [4.78, 5) is 0. The van der Waals surface area contributed by atoms with Gasteiger partial charge in [0, 0.05) is 0 Å². The summed E-state index contributed by atoms with van der Waals surface area (Å²) in [5.74, 6) is 3.05. The van der Waals surface area contributed by atoms with Crippen molar-refractivity contribution in [2.24, 2.45) is 23.5 Å². The smallest absolute Gasteiger partial charge is 0.00773 e.